The van der Waals surface area contributed by atoms with Crippen molar-refractivity contribution in [2.45, 2.75) is 24.1 Å². The molecule has 10 heteroatoms. The lowest BCUT2D eigenvalue weighted by molar-refractivity contribution is 0.276. The Hall–Kier alpha value is -3.79. The van der Waals surface area contributed by atoms with Crippen molar-refractivity contribution in [3.05, 3.63) is 105 Å². The third-order valence-corrected chi connectivity index (χ3v) is 7.39. The Morgan fingerprint density at radius 2 is 1.50 bits per heavy atom. The van der Waals surface area contributed by atoms with Crippen molar-refractivity contribution in [1.29, 1.82) is 0 Å². The summed E-state index contributed by atoms with van der Waals surface area (Å²) in [5, 5.41) is 15.6. The van der Waals surface area contributed by atoms with E-state index in [0.717, 1.165) is 28.2 Å². The summed E-state index contributed by atoms with van der Waals surface area (Å²) in [5.74, 6) is 2.10. The average Bonchev–Trinajstić information content (AvgIpc) is 3.33. The number of hydrogen-bond donors (Lipinski definition) is 1. The van der Waals surface area contributed by atoms with Crippen molar-refractivity contribution in [3.63, 3.8) is 0 Å². The summed E-state index contributed by atoms with van der Waals surface area (Å²) in [4.78, 5) is 18.7. The molecule has 2 aromatic heterocycles. The van der Waals surface area contributed by atoms with Crippen molar-refractivity contribution in [1.82, 2.24) is 19.2 Å². The first-order valence-electron chi connectivity index (χ1n) is 11.8. The van der Waals surface area contributed by atoms with E-state index in [0.29, 0.717) is 39.4 Å². The summed E-state index contributed by atoms with van der Waals surface area (Å²) in [6.45, 7) is -0.0468. The van der Waals surface area contributed by atoms with Gasteiger partial charge in [0, 0.05) is 10.8 Å². The second-order valence-corrected chi connectivity index (χ2v) is 9.85. The van der Waals surface area contributed by atoms with Crippen LogP contribution in [0, 0.1) is 0 Å². The quantitative estimate of drug-likeness (QED) is 0.257. The Balaban J connectivity index is 1.62. The minimum absolute atomic E-state index is 0.293. The predicted molar refractivity (Wildman–Crippen MR) is 148 cm³/mol. The predicted octanol–water partition coefficient (Wildman–Crippen LogP) is 5.06. The maximum Gasteiger partial charge on any atom is 0.353 e. The smallest absolute Gasteiger partial charge is 0.353 e. The molecule has 0 spiro atoms. The van der Waals surface area contributed by atoms with Gasteiger partial charge in [-0.05, 0) is 53.1 Å². The molecule has 5 aromatic rings. The van der Waals surface area contributed by atoms with Gasteiger partial charge in [-0.1, -0.05) is 59.8 Å². The number of aromatic nitrogens is 4. The van der Waals surface area contributed by atoms with Gasteiger partial charge in [-0.15, -0.1) is 0 Å². The van der Waals surface area contributed by atoms with Crippen molar-refractivity contribution in [3.8, 4) is 22.6 Å². The van der Waals surface area contributed by atoms with Gasteiger partial charge < -0.3 is 14.6 Å². The number of halogens is 1. The van der Waals surface area contributed by atoms with E-state index in [9.17, 15) is 9.90 Å². The molecule has 38 heavy (non-hydrogen) atoms. The second kappa shape index (κ2) is 11.3. The number of nitrogens with zero attached hydrogens (tertiary/aromatic N) is 4. The number of hydrogen-bond acceptors (Lipinski definition) is 7. The van der Waals surface area contributed by atoms with Crippen LogP contribution < -0.4 is 15.2 Å². The van der Waals surface area contributed by atoms with Crippen LogP contribution in [0.15, 0.2) is 82.7 Å². The lowest BCUT2D eigenvalue weighted by Gasteiger charge is -2.13. The zero-order chi connectivity index (χ0) is 26.6. The zero-order valence-corrected chi connectivity index (χ0v) is 22.4. The highest BCUT2D eigenvalue weighted by molar-refractivity contribution is 7.98. The van der Waals surface area contributed by atoms with Crippen molar-refractivity contribution in [2.24, 2.45) is 0 Å². The molecule has 0 aliphatic carbocycles. The Bertz CT molecular complexity index is 1620. The highest BCUT2D eigenvalue weighted by Crippen LogP contribution is 2.30. The molecule has 0 aliphatic heterocycles. The number of ether oxygens (including phenoxy) is 2. The SMILES string of the molecule is COc1ccc(CSc2nc3c(-c4ccc(Cl)cc4)c(CO)nn3c(=O)n2Cc2ccc(OC)cc2)cc1. The van der Waals surface area contributed by atoms with E-state index in [-0.39, 0.29) is 12.3 Å². The average molecular weight is 549 g/mol. The first kappa shape index (κ1) is 25.8. The van der Waals surface area contributed by atoms with E-state index < -0.39 is 0 Å². The Morgan fingerprint density at radius 1 is 0.895 bits per heavy atom. The third-order valence-electron chi connectivity index (χ3n) is 6.09. The number of aliphatic hydroxyl groups excluding tert-OH is 1. The van der Waals surface area contributed by atoms with Crippen molar-refractivity contribution >= 4 is 29.0 Å². The van der Waals surface area contributed by atoms with Gasteiger partial charge in [-0.2, -0.15) is 9.61 Å². The topological polar surface area (TPSA) is 90.9 Å². The van der Waals surface area contributed by atoms with E-state index in [1.54, 1.807) is 30.9 Å². The number of fused-ring (bicyclic) bond motifs is 1. The van der Waals surface area contributed by atoms with Crippen LogP contribution in [0.25, 0.3) is 16.8 Å². The molecule has 0 saturated heterocycles. The normalized spacial score (nSPS) is 11.2. The Labute approximate surface area is 228 Å². The fraction of sp³-hybridized carbons (Fsp3) is 0.179. The van der Waals surface area contributed by atoms with Gasteiger partial charge >= 0.3 is 5.69 Å². The van der Waals surface area contributed by atoms with Gasteiger partial charge in [-0.3, -0.25) is 4.57 Å². The lowest BCUT2D eigenvalue weighted by atomic mass is 10.1. The molecule has 0 atom stereocenters. The molecule has 0 bridgehead atoms. The molecule has 5 rings (SSSR count). The lowest BCUT2D eigenvalue weighted by Crippen LogP contribution is -2.30. The van der Waals surface area contributed by atoms with Crippen LogP contribution >= 0.6 is 23.4 Å². The van der Waals surface area contributed by atoms with Crippen LogP contribution in [0.1, 0.15) is 16.8 Å². The fourth-order valence-electron chi connectivity index (χ4n) is 4.09. The highest BCUT2D eigenvalue weighted by Gasteiger charge is 2.21. The van der Waals surface area contributed by atoms with Gasteiger partial charge in [0.1, 0.15) is 11.5 Å². The molecule has 0 radical (unpaired) electrons. The Kier molecular flexibility index (Phi) is 7.69. The zero-order valence-electron chi connectivity index (χ0n) is 20.8. The number of rotatable bonds is 9. The van der Waals surface area contributed by atoms with E-state index in [1.165, 1.54) is 16.3 Å². The van der Waals surface area contributed by atoms with E-state index in [1.807, 2.05) is 60.7 Å². The summed E-state index contributed by atoms with van der Waals surface area (Å²) in [7, 11) is 3.24. The minimum atomic E-state index is -0.349. The van der Waals surface area contributed by atoms with Crippen LogP contribution in [0.3, 0.4) is 0 Å². The molecule has 0 saturated carbocycles. The summed E-state index contributed by atoms with van der Waals surface area (Å²) >= 11 is 7.55. The number of thioether (sulfide) groups is 1. The van der Waals surface area contributed by atoms with E-state index >= 15 is 0 Å². The summed E-state index contributed by atoms with van der Waals surface area (Å²) in [6.07, 6.45) is 0. The first-order chi connectivity index (χ1) is 18.5. The number of aliphatic hydroxyl groups is 1. The van der Waals surface area contributed by atoms with Gasteiger partial charge in [-0.25, -0.2) is 9.78 Å². The molecule has 0 amide bonds. The van der Waals surface area contributed by atoms with Crippen LogP contribution in [0.4, 0.5) is 0 Å². The molecule has 0 fully saturated rings. The van der Waals surface area contributed by atoms with Crippen molar-refractivity contribution < 1.29 is 14.6 Å². The summed E-state index contributed by atoms with van der Waals surface area (Å²) in [5.41, 5.74) is 3.73. The molecule has 3 aromatic carbocycles. The van der Waals surface area contributed by atoms with Crippen LogP contribution in [0.5, 0.6) is 11.5 Å². The molecule has 194 valence electrons. The van der Waals surface area contributed by atoms with E-state index in [2.05, 4.69) is 5.10 Å². The largest absolute Gasteiger partial charge is 0.497 e. The first-order valence-corrected chi connectivity index (χ1v) is 13.1. The third kappa shape index (κ3) is 5.26. The molecular formula is C28H25ClN4O4S. The molecule has 2 heterocycles. The standard InChI is InChI=1S/C28H25ClN4O4S/c1-36-22-11-3-18(4-12-22)15-32-27(38-17-19-5-13-23(37-2)14-6-19)30-26-25(20-7-9-21(29)10-8-20)24(16-34)31-33(26)28(32)35/h3-14,34H,15-17H2,1-2H3. The van der Waals surface area contributed by atoms with Gasteiger partial charge in [0.2, 0.25) is 0 Å². The monoisotopic (exact) mass is 548 g/mol. The molecular weight excluding hydrogens is 524 g/mol. The minimum Gasteiger partial charge on any atom is -0.497 e. The maximum atomic E-state index is 13.8. The van der Waals surface area contributed by atoms with Gasteiger partial charge in [0.25, 0.3) is 0 Å². The highest BCUT2D eigenvalue weighted by atomic mass is 35.5. The Morgan fingerprint density at radius 3 is 2.08 bits per heavy atom. The summed E-state index contributed by atoms with van der Waals surface area (Å²) in [6, 6.07) is 22.5. The van der Waals surface area contributed by atoms with Crippen molar-refractivity contribution in [2.75, 3.05) is 14.2 Å². The van der Waals surface area contributed by atoms with Gasteiger partial charge in [0.15, 0.2) is 10.8 Å². The van der Waals surface area contributed by atoms with Crippen LogP contribution in [0.2, 0.25) is 5.02 Å². The number of benzene rings is 3. The summed E-state index contributed by atoms with van der Waals surface area (Å²) < 4.78 is 13.4. The second-order valence-electron chi connectivity index (χ2n) is 8.47. The maximum absolute atomic E-state index is 13.8. The molecule has 1 N–H and O–H groups in total. The molecule has 0 aliphatic rings. The molecule has 0 unspecified atom stereocenters. The molecule has 8 nitrogen and oxygen atoms in total. The number of methoxy groups -OCH3 is 2. The fourth-order valence-corrected chi connectivity index (χ4v) is 5.15. The van der Waals surface area contributed by atoms with Crippen LogP contribution in [-0.2, 0) is 18.9 Å². The van der Waals surface area contributed by atoms with Crippen LogP contribution in [-0.4, -0.2) is 38.5 Å². The van der Waals surface area contributed by atoms with E-state index in [4.69, 9.17) is 26.1 Å². The van der Waals surface area contributed by atoms with Gasteiger partial charge in [0.05, 0.1) is 38.6 Å².